The molecule has 2 N–H and O–H groups in total. The molecule has 1 heterocycles. The Hall–Kier alpha value is -3.14. The van der Waals surface area contributed by atoms with E-state index in [-0.39, 0.29) is 17.0 Å². The fourth-order valence-electron chi connectivity index (χ4n) is 2.68. The minimum atomic E-state index is -3.79. The first-order valence-electron chi connectivity index (χ1n) is 9.56. The smallest absolute Gasteiger partial charge is 0.338 e. The highest BCUT2D eigenvalue weighted by Gasteiger charge is 2.21. The molecule has 32 heavy (non-hydrogen) atoms. The number of anilines is 1. The number of ether oxygens (including phenoxy) is 1. The molecular weight excluding hydrogens is 456 g/mol. The zero-order valence-corrected chi connectivity index (χ0v) is 18.9. The van der Waals surface area contributed by atoms with Gasteiger partial charge in [-0.2, -0.15) is 0 Å². The second kappa shape index (κ2) is 9.99. The van der Waals surface area contributed by atoms with Crippen LogP contribution in [0.2, 0.25) is 5.02 Å². The molecule has 1 unspecified atom stereocenters. The van der Waals surface area contributed by atoms with E-state index in [1.54, 1.807) is 30.3 Å². The molecule has 10 heteroatoms. The fourth-order valence-corrected chi connectivity index (χ4v) is 3.84. The number of esters is 1. The number of aryl methyl sites for hydroxylation is 1. The molecular formula is C22H21ClN2O6S. The van der Waals surface area contributed by atoms with Gasteiger partial charge in [0.1, 0.15) is 5.76 Å². The van der Waals surface area contributed by atoms with Crippen molar-refractivity contribution in [1.29, 1.82) is 0 Å². The maximum atomic E-state index is 12.4. The van der Waals surface area contributed by atoms with E-state index in [4.69, 9.17) is 20.8 Å². The molecule has 0 saturated heterocycles. The number of amides is 1. The number of benzene rings is 2. The quantitative estimate of drug-likeness (QED) is 0.476. The number of halogens is 1. The average molecular weight is 477 g/mol. The number of nitrogens with one attached hydrogen (secondary N) is 2. The van der Waals surface area contributed by atoms with Crippen LogP contribution in [0.1, 0.15) is 28.6 Å². The highest BCUT2D eigenvalue weighted by atomic mass is 35.5. The fraction of sp³-hybridized carbons (Fsp3) is 0.182. The summed E-state index contributed by atoms with van der Waals surface area (Å²) in [5.74, 6) is -0.818. The molecule has 0 radical (unpaired) electrons. The van der Waals surface area contributed by atoms with Gasteiger partial charge in [0, 0.05) is 10.7 Å². The van der Waals surface area contributed by atoms with Crippen molar-refractivity contribution in [3.05, 3.63) is 82.8 Å². The Kier molecular flexibility index (Phi) is 7.34. The summed E-state index contributed by atoms with van der Waals surface area (Å²) in [6.45, 7) is 3.24. The zero-order chi connectivity index (χ0) is 23.3. The van der Waals surface area contributed by atoms with Gasteiger partial charge in [-0.1, -0.05) is 17.7 Å². The summed E-state index contributed by atoms with van der Waals surface area (Å²) in [6, 6.07) is 13.5. The Morgan fingerprint density at radius 2 is 1.84 bits per heavy atom. The van der Waals surface area contributed by atoms with Crippen molar-refractivity contribution in [2.24, 2.45) is 0 Å². The maximum Gasteiger partial charge on any atom is 0.338 e. The van der Waals surface area contributed by atoms with Crippen LogP contribution in [0.25, 0.3) is 0 Å². The molecule has 168 valence electrons. The Labute approximate surface area is 190 Å². The van der Waals surface area contributed by atoms with E-state index in [1.165, 1.54) is 37.5 Å². The van der Waals surface area contributed by atoms with Crippen molar-refractivity contribution >= 4 is 39.2 Å². The Morgan fingerprint density at radius 1 is 1.12 bits per heavy atom. The minimum absolute atomic E-state index is 0.00213. The topological polar surface area (TPSA) is 115 Å². The van der Waals surface area contributed by atoms with Crippen molar-refractivity contribution in [1.82, 2.24) is 4.72 Å². The first-order chi connectivity index (χ1) is 15.2. The molecule has 0 fully saturated rings. The lowest BCUT2D eigenvalue weighted by molar-refractivity contribution is -0.123. The molecule has 0 aliphatic rings. The molecule has 0 saturated carbocycles. The van der Waals surface area contributed by atoms with Gasteiger partial charge < -0.3 is 14.5 Å². The standard InChI is InChI=1S/C22H21ClN2O6S/c1-14-5-8-17(23)12-20(14)25-21(26)15(2)31-22(27)16-6-9-19(10-7-16)32(28,29)24-13-18-4-3-11-30-18/h3-12,15,24H,13H2,1-2H3,(H,25,26). The largest absolute Gasteiger partial charge is 0.468 e. The number of carbonyl (C=O) groups is 2. The number of hydrogen-bond donors (Lipinski definition) is 2. The van der Waals surface area contributed by atoms with Crippen LogP contribution in [0.3, 0.4) is 0 Å². The Morgan fingerprint density at radius 3 is 2.50 bits per heavy atom. The van der Waals surface area contributed by atoms with E-state index in [1.807, 2.05) is 6.92 Å². The highest BCUT2D eigenvalue weighted by molar-refractivity contribution is 7.89. The lowest BCUT2D eigenvalue weighted by Gasteiger charge is -2.15. The molecule has 3 aromatic rings. The first kappa shape index (κ1) is 23.5. The predicted octanol–water partition coefficient (Wildman–Crippen LogP) is 3.90. The third kappa shape index (κ3) is 5.97. The molecule has 2 aromatic carbocycles. The van der Waals surface area contributed by atoms with Crippen LogP contribution < -0.4 is 10.0 Å². The van der Waals surface area contributed by atoms with Gasteiger partial charge in [0.05, 0.1) is 23.3 Å². The van der Waals surface area contributed by atoms with Crippen molar-refractivity contribution in [2.45, 2.75) is 31.4 Å². The summed E-state index contributed by atoms with van der Waals surface area (Å²) in [7, 11) is -3.79. The minimum Gasteiger partial charge on any atom is -0.468 e. The van der Waals surface area contributed by atoms with Crippen LogP contribution in [0.15, 0.2) is 70.2 Å². The van der Waals surface area contributed by atoms with E-state index < -0.39 is 28.0 Å². The normalized spacial score (nSPS) is 12.2. The van der Waals surface area contributed by atoms with Crippen molar-refractivity contribution in [3.8, 4) is 0 Å². The number of furan rings is 1. The van der Waals surface area contributed by atoms with Gasteiger partial charge in [-0.05, 0) is 67.9 Å². The molecule has 1 atom stereocenters. The van der Waals surface area contributed by atoms with Crippen LogP contribution in [0.5, 0.6) is 0 Å². The Balaban J connectivity index is 1.60. The SMILES string of the molecule is Cc1ccc(Cl)cc1NC(=O)C(C)OC(=O)c1ccc(S(=O)(=O)NCc2ccco2)cc1. The number of sulfonamides is 1. The molecule has 1 amide bonds. The second-order valence-electron chi connectivity index (χ2n) is 6.92. The van der Waals surface area contributed by atoms with Crippen LogP contribution in [0, 0.1) is 6.92 Å². The molecule has 1 aromatic heterocycles. The number of rotatable bonds is 8. The summed E-state index contributed by atoms with van der Waals surface area (Å²) >= 11 is 5.95. The van der Waals surface area contributed by atoms with Crippen molar-refractivity contribution < 1.29 is 27.2 Å². The molecule has 0 aliphatic carbocycles. The average Bonchev–Trinajstić information content (AvgIpc) is 3.29. The second-order valence-corrected chi connectivity index (χ2v) is 9.13. The predicted molar refractivity (Wildman–Crippen MR) is 119 cm³/mol. The summed E-state index contributed by atoms with van der Waals surface area (Å²) in [5.41, 5.74) is 1.43. The van der Waals surface area contributed by atoms with Gasteiger partial charge in [-0.3, -0.25) is 4.79 Å². The lowest BCUT2D eigenvalue weighted by atomic mass is 10.2. The maximum absolute atomic E-state index is 12.4. The van der Waals surface area contributed by atoms with Crippen molar-refractivity contribution in [3.63, 3.8) is 0 Å². The number of hydrogen-bond acceptors (Lipinski definition) is 6. The van der Waals surface area contributed by atoms with Crippen LogP contribution in [0.4, 0.5) is 5.69 Å². The van der Waals surface area contributed by atoms with E-state index in [2.05, 4.69) is 10.0 Å². The zero-order valence-electron chi connectivity index (χ0n) is 17.3. The third-order valence-corrected chi connectivity index (χ3v) is 6.18. The Bertz CT molecular complexity index is 1210. The molecule has 3 rings (SSSR count). The van der Waals surface area contributed by atoms with Gasteiger partial charge in [0.2, 0.25) is 10.0 Å². The monoisotopic (exact) mass is 476 g/mol. The summed E-state index contributed by atoms with van der Waals surface area (Å²) in [5, 5.41) is 3.13. The van der Waals surface area contributed by atoms with Gasteiger partial charge in [0.15, 0.2) is 6.10 Å². The molecule has 8 nitrogen and oxygen atoms in total. The van der Waals surface area contributed by atoms with E-state index in [0.717, 1.165) is 5.56 Å². The lowest BCUT2D eigenvalue weighted by Crippen LogP contribution is -2.30. The third-order valence-electron chi connectivity index (χ3n) is 4.53. The first-order valence-corrected chi connectivity index (χ1v) is 11.4. The molecule has 0 spiro atoms. The van der Waals surface area contributed by atoms with E-state index in [9.17, 15) is 18.0 Å². The number of carbonyl (C=O) groups excluding carboxylic acids is 2. The van der Waals surface area contributed by atoms with Crippen LogP contribution in [-0.4, -0.2) is 26.4 Å². The molecule has 0 aliphatic heterocycles. The van der Waals surface area contributed by atoms with Crippen LogP contribution >= 0.6 is 11.6 Å². The molecule has 0 bridgehead atoms. The van der Waals surface area contributed by atoms with E-state index >= 15 is 0 Å². The van der Waals surface area contributed by atoms with Gasteiger partial charge in [0.25, 0.3) is 5.91 Å². The van der Waals surface area contributed by atoms with Gasteiger partial charge in [-0.15, -0.1) is 0 Å². The van der Waals surface area contributed by atoms with Crippen molar-refractivity contribution in [2.75, 3.05) is 5.32 Å². The summed E-state index contributed by atoms with van der Waals surface area (Å²) in [4.78, 5) is 24.7. The van der Waals surface area contributed by atoms with Gasteiger partial charge in [-0.25, -0.2) is 17.9 Å². The van der Waals surface area contributed by atoms with Gasteiger partial charge >= 0.3 is 5.97 Å². The highest BCUT2D eigenvalue weighted by Crippen LogP contribution is 2.21. The summed E-state index contributed by atoms with van der Waals surface area (Å²) < 4.78 is 37.4. The summed E-state index contributed by atoms with van der Waals surface area (Å²) in [6.07, 6.45) is 0.362. The van der Waals surface area contributed by atoms with E-state index in [0.29, 0.717) is 16.5 Å². The van der Waals surface area contributed by atoms with Crippen LogP contribution in [-0.2, 0) is 26.1 Å².